The number of hydrogen-bond donors (Lipinski definition) is 1. The standard InChI is InChI=1S/C14H15N3O/c1-18-12-6-2-10(3-7-12)13-8-9-14(17-16-13)15-11-4-5-11/h2-3,6-9,11H,4-5H2,1H3,(H,15,17). The highest BCUT2D eigenvalue weighted by molar-refractivity contribution is 5.60. The van der Waals surface area contributed by atoms with Crippen LogP contribution in [0.15, 0.2) is 36.4 Å². The summed E-state index contributed by atoms with van der Waals surface area (Å²) in [7, 11) is 1.66. The fraction of sp³-hybridized carbons (Fsp3) is 0.286. The van der Waals surface area contributed by atoms with Crippen molar-refractivity contribution < 1.29 is 4.74 Å². The van der Waals surface area contributed by atoms with Crippen LogP contribution in [0, 0.1) is 0 Å². The second-order valence-corrected chi connectivity index (χ2v) is 4.45. The van der Waals surface area contributed by atoms with Gasteiger partial charge in [0.25, 0.3) is 0 Å². The van der Waals surface area contributed by atoms with E-state index >= 15 is 0 Å². The number of nitrogens with one attached hydrogen (secondary N) is 1. The molecule has 0 unspecified atom stereocenters. The number of methoxy groups -OCH3 is 1. The highest BCUT2D eigenvalue weighted by Gasteiger charge is 2.21. The molecule has 4 heteroatoms. The highest BCUT2D eigenvalue weighted by Crippen LogP contribution is 2.24. The predicted molar refractivity (Wildman–Crippen MR) is 70.7 cm³/mol. The molecule has 1 fully saturated rings. The summed E-state index contributed by atoms with van der Waals surface area (Å²) in [6.07, 6.45) is 2.48. The second kappa shape index (κ2) is 4.64. The van der Waals surface area contributed by atoms with Gasteiger partial charge in [0.1, 0.15) is 11.6 Å². The summed E-state index contributed by atoms with van der Waals surface area (Å²) in [4.78, 5) is 0. The van der Waals surface area contributed by atoms with E-state index in [1.54, 1.807) is 7.11 Å². The summed E-state index contributed by atoms with van der Waals surface area (Å²) in [5.74, 6) is 1.70. The lowest BCUT2D eigenvalue weighted by Gasteiger charge is -2.05. The Hall–Kier alpha value is -2.10. The lowest BCUT2D eigenvalue weighted by Crippen LogP contribution is -2.03. The lowest BCUT2D eigenvalue weighted by molar-refractivity contribution is 0.415. The third-order valence-corrected chi connectivity index (χ3v) is 2.98. The normalized spacial score (nSPS) is 14.3. The smallest absolute Gasteiger partial charge is 0.148 e. The number of nitrogens with zero attached hydrogens (tertiary/aromatic N) is 2. The number of aromatic nitrogens is 2. The van der Waals surface area contributed by atoms with Crippen LogP contribution in [0.5, 0.6) is 5.75 Å². The molecule has 0 radical (unpaired) electrons. The zero-order chi connectivity index (χ0) is 12.4. The fourth-order valence-corrected chi connectivity index (χ4v) is 1.76. The van der Waals surface area contributed by atoms with Gasteiger partial charge in [-0.05, 0) is 49.2 Å². The third kappa shape index (κ3) is 2.42. The maximum atomic E-state index is 5.13. The predicted octanol–water partition coefficient (Wildman–Crippen LogP) is 2.73. The largest absolute Gasteiger partial charge is 0.497 e. The molecule has 3 rings (SSSR count). The molecule has 0 amide bonds. The number of hydrogen-bond acceptors (Lipinski definition) is 4. The van der Waals surface area contributed by atoms with E-state index in [4.69, 9.17) is 4.74 Å². The maximum Gasteiger partial charge on any atom is 0.148 e. The van der Waals surface area contributed by atoms with E-state index < -0.39 is 0 Å². The van der Waals surface area contributed by atoms with Crippen LogP contribution in [0.25, 0.3) is 11.3 Å². The lowest BCUT2D eigenvalue weighted by atomic mass is 10.1. The van der Waals surface area contributed by atoms with Crippen molar-refractivity contribution in [3.05, 3.63) is 36.4 Å². The molecule has 1 heterocycles. The van der Waals surface area contributed by atoms with Gasteiger partial charge in [-0.3, -0.25) is 0 Å². The van der Waals surface area contributed by atoms with Crippen molar-refractivity contribution in [1.29, 1.82) is 0 Å². The van der Waals surface area contributed by atoms with Gasteiger partial charge in [-0.25, -0.2) is 0 Å². The third-order valence-electron chi connectivity index (χ3n) is 2.98. The van der Waals surface area contributed by atoms with Gasteiger partial charge in [-0.1, -0.05) is 0 Å². The summed E-state index contributed by atoms with van der Waals surface area (Å²) in [6, 6.07) is 12.4. The number of anilines is 1. The Morgan fingerprint density at radius 3 is 2.39 bits per heavy atom. The monoisotopic (exact) mass is 241 g/mol. The van der Waals surface area contributed by atoms with Crippen molar-refractivity contribution in [2.45, 2.75) is 18.9 Å². The average Bonchev–Trinajstić information content (AvgIpc) is 3.24. The Bertz CT molecular complexity index is 518. The first-order valence-corrected chi connectivity index (χ1v) is 6.10. The fourth-order valence-electron chi connectivity index (χ4n) is 1.76. The van der Waals surface area contributed by atoms with E-state index in [1.807, 2.05) is 36.4 Å². The summed E-state index contributed by atoms with van der Waals surface area (Å²) >= 11 is 0. The van der Waals surface area contributed by atoms with Gasteiger partial charge in [0.05, 0.1) is 12.8 Å². The molecule has 4 nitrogen and oxygen atoms in total. The molecule has 0 aliphatic heterocycles. The Labute approximate surface area is 106 Å². The molecule has 0 bridgehead atoms. The first kappa shape index (κ1) is 11.0. The van der Waals surface area contributed by atoms with E-state index in [0.29, 0.717) is 6.04 Å². The first-order chi connectivity index (χ1) is 8.85. The minimum atomic E-state index is 0.603. The molecule has 2 aromatic rings. The molecule has 1 N–H and O–H groups in total. The Morgan fingerprint density at radius 2 is 1.83 bits per heavy atom. The quantitative estimate of drug-likeness (QED) is 0.894. The van der Waals surface area contributed by atoms with Crippen LogP contribution < -0.4 is 10.1 Å². The summed E-state index contributed by atoms with van der Waals surface area (Å²) in [6.45, 7) is 0. The minimum absolute atomic E-state index is 0.603. The Balaban J connectivity index is 1.77. The van der Waals surface area contributed by atoms with Gasteiger partial charge < -0.3 is 10.1 Å². The van der Waals surface area contributed by atoms with E-state index in [-0.39, 0.29) is 0 Å². The van der Waals surface area contributed by atoms with Crippen LogP contribution in [0.2, 0.25) is 0 Å². The second-order valence-electron chi connectivity index (χ2n) is 4.45. The van der Waals surface area contributed by atoms with E-state index in [2.05, 4.69) is 15.5 Å². The Morgan fingerprint density at radius 1 is 1.06 bits per heavy atom. The molecule has 1 saturated carbocycles. The summed E-state index contributed by atoms with van der Waals surface area (Å²) in [5.41, 5.74) is 1.92. The van der Waals surface area contributed by atoms with Crippen LogP contribution >= 0.6 is 0 Å². The van der Waals surface area contributed by atoms with Crippen LogP contribution in [-0.2, 0) is 0 Å². The van der Waals surface area contributed by atoms with E-state index in [1.165, 1.54) is 12.8 Å². The maximum absolute atomic E-state index is 5.13. The van der Waals surface area contributed by atoms with Gasteiger partial charge in [0, 0.05) is 11.6 Å². The van der Waals surface area contributed by atoms with E-state index in [9.17, 15) is 0 Å². The van der Waals surface area contributed by atoms with Crippen molar-refractivity contribution in [1.82, 2.24) is 10.2 Å². The van der Waals surface area contributed by atoms with Crippen molar-refractivity contribution in [3.8, 4) is 17.0 Å². The molecule has 92 valence electrons. The molecule has 1 aliphatic carbocycles. The SMILES string of the molecule is COc1ccc(-c2ccc(NC3CC3)nn2)cc1. The van der Waals surface area contributed by atoms with E-state index in [0.717, 1.165) is 22.8 Å². The van der Waals surface area contributed by atoms with Gasteiger partial charge in [0.2, 0.25) is 0 Å². The zero-order valence-electron chi connectivity index (χ0n) is 10.3. The molecule has 1 aromatic heterocycles. The minimum Gasteiger partial charge on any atom is -0.497 e. The van der Waals surface area contributed by atoms with Gasteiger partial charge in [0.15, 0.2) is 0 Å². The molecule has 1 aromatic carbocycles. The molecule has 18 heavy (non-hydrogen) atoms. The van der Waals surface area contributed by atoms with Crippen LogP contribution in [0.3, 0.4) is 0 Å². The van der Waals surface area contributed by atoms with Crippen LogP contribution in [-0.4, -0.2) is 23.3 Å². The van der Waals surface area contributed by atoms with Crippen molar-refractivity contribution in [2.24, 2.45) is 0 Å². The van der Waals surface area contributed by atoms with Crippen molar-refractivity contribution >= 4 is 5.82 Å². The molecule has 0 atom stereocenters. The van der Waals surface area contributed by atoms with Gasteiger partial charge in [-0.15, -0.1) is 10.2 Å². The zero-order valence-corrected chi connectivity index (χ0v) is 10.3. The first-order valence-electron chi connectivity index (χ1n) is 6.10. The number of benzene rings is 1. The van der Waals surface area contributed by atoms with Crippen LogP contribution in [0.1, 0.15) is 12.8 Å². The van der Waals surface area contributed by atoms with Gasteiger partial charge in [-0.2, -0.15) is 0 Å². The molecule has 0 saturated heterocycles. The summed E-state index contributed by atoms with van der Waals surface area (Å²) < 4.78 is 5.13. The van der Waals surface area contributed by atoms with Crippen molar-refractivity contribution in [2.75, 3.05) is 12.4 Å². The number of rotatable bonds is 4. The molecular formula is C14H15N3O. The average molecular weight is 241 g/mol. The molecule has 1 aliphatic rings. The van der Waals surface area contributed by atoms with Gasteiger partial charge >= 0.3 is 0 Å². The highest BCUT2D eigenvalue weighted by atomic mass is 16.5. The topological polar surface area (TPSA) is 47.0 Å². The molecule has 0 spiro atoms. The summed E-state index contributed by atoms with van der Waals surface area (Å²) in [5, 5.41) is 11.7. The Kier molecular flexibility index (Phi) is 2.84. The molecular weight excluding hydrogens is 226 g/mol. The van der Waals surface area contributed by atoms with Crippen molar-refractivity contribution in [3.63, 3.8) is 0 Å². The number of ether oxygens (including phenoxy) is 1. The van der Waals surface area contributed by atoms with Crippen LogP contribution in [0.4, 0.5) is 5.82 Å².